The van der Waals surface area contributed by atoms with Crippen LogP contribution in [0.1, 0.15) is 33.6 Å². The predicted octanol–water partition coefficient (Wildman–Crippen LogP) is 2.10. The number of likely N-dealkylation sites (tertiary alicyclic amines) is 1. The fourth-order valence-corrected chi connectivity index (χ4v) is 2.26. The number of carbonyl (C=O) groups excluding carboxylic acids is 1. The van der Waals surface area contributed by atoms with E-state index in [9.17, 15) is 4.79 Å². The van der Waals surface area contributed by atoms with Crippen molar-refractivity contribution in [3.63, 3.8) is 0 Å². The van der Waals surface area contributed by atoms with E-state index in [4.69, 9.17) is 11.6 Å². The van der Waals surface area contributed by atoms with Gasteiger partial charge in [-0.1, -0.05) is 6.92 Å². The highest BCUT2D eigenvalue weighted by molar-refractivity contribution is 6.19. The summed E-state index contributed by atoms with van der Waals surface area (Å²) < 4.78 is 0. The minimum atomic E-state index is -0.458. The number of amides is 1. The van der Waals surface area contributed by atoms with E-state index in [2.05, 4.69) is 17.1 Å². The number of alkyl halides is 1. The summed E-state index contributed by atoms with van der Waals surface area (Å²) in [6.07, 6.45) is 2.46. The summed E-state index contributed by atoms with van der Waals surface area (Å²) >= 11 is 5.79. The van der Waals surface area contributed by atoms with Crippen LogP contribution in [0, 0.1) is 11.3 Å². The van der Waals surface area contributed by atoms with Crippen molar-refractivity contribution in [2.45, 2.75) is 33.6 Å². The van der Waals surface area contributed by atoms with Gasteiger partial charge in [-0.05, 0) is 45.7 Å². The Morgan fingerprint density at radius 3 is 2.82 bits per heavy atom. The second-order valence-corrected chi connectivity index (χ2v) is 5.90. The molecule has 0 saturated carbocycles. The van der Waals surface area contributed by atoms with Crippen LogP contribution in [0.25, 0.3) is 0 Å². The smallest absolute Gasteiger partial charge is 0.226 e. The van der Waals surface area contributed by atoms with Gasteiger partial charge in [-0.25, -0.2) is 0 Å². The quantitative estimate of drug-likeness (QED) is 0.768. The molecule has 0 bridgehead atoms. The molecule has 1 aliphatic heterocycles. The lowest BCUT2D eigenvalue weighted by molar-refractivity contribution is -0.128. The Balaban J connectivity index is 2.33. The van der Waals surface area contributed by atoms with Crippen molar-refractivity contribution in [3.8, 4) is 0 Å². The van der Waals surface area contributed by atoms with Crippen LogP contribution in [-0.2, 0) is 4.79 Å². The van der Waals surface area contributed by atoms with Gasteiger partial charge in [0.05, 0.1) is 5.41 Å². The summed E-state index contributed by atoms with van der Waals surface area (Å²) in [6, 6.07) is 0. The molecule has 1 N–H and O–H groups in total. The molecule has 1 fully saturated rings. The van der Waals surface area contributed by atoms with Crippen LogP contribution in [0.2, 0.25) is 0 Å². The zero-order valence-electron chi connectivity index (χ0n) is 11.3. The first-order valence-electron chi connectivity index (χ1n) is 6.56. The molecule has 1 aliphatic rings. The van der Waals surface area contributed by atoms with E-state index >= 15 is 0 Å². The van der Waals surface area contributed by atoms with Gasteiger partial charge in [0.15, 0.2) is 0 Å². The lowest BCUT2D eigenvalue weighted by atomic mass is 9.93. The first-order chi connectivity index (χ1) is 7.99. The van der Waals surface area contributed by atoms with Crippen LogP contribution >= 0.6 is 11.6 Å². The molecule has 1 saturated heterocycles. The maximum atomic E-state index is 11.9. The highest BCUT2D eigenvalue weighted by Gasteiger charge is 2.27. The second-order valence-electron chi connectivity index (χ2n) is 5.63. The minimum Gasteiger partial charge on any atom is -0.355 e. The van der Waals surface area contributed by atoms with Gasteiger partial charge >= 0.3 is 0 Å². The van der Waals surface area contributed by atoms with Gasteiger partial charge < -0.3 is 10.2 Å². The van der Waals surface area contributed by atoms with Crippen molar-refractivity contribution < 1.29 is 4.79 Å². The zero-order valence-corrected chi connectivity index (χ0v) is 12.0. The number of carbonyl (C=O) groups is 1. The Hall–Kier alpha value is -0.280. The average molecular weight is 261 g/mol. The fourth-order valence-electron chi connectivity index (χ4n) is 2.14. The number of piperidine rings is 1. The molecular weight excluding hydrogens is 236 g/mol. The number of halogens is 1. The van der Waals surface area contributed by atoms with Crippen molar-refractivity contribution in [1.29, 1.82) is 0 Å². The van der Waals surface area contributed by atoms with Crippen molar-refractivity contribution in [2.75, 3.05) is 32.1 Å². The second kappa shape index (κ2) is 6.60. The van der Waals surface area contributed by atoms with Gasteiger partial charge in [-0.3, -0.25) is 4.79 Å². The standard InChI is InChI=1S/C13H25ClN2O/c1-4-16-7-5-6-11(9-16)8-15-12(17)13(2,3)10-14/h11H,4-10H2,1-3H3,(H,15,17). The third kappa shape index (κ3) is 4.47. The summed E-state index contributed by atoms with van der Waals surface area (Å²) in [4.78, 5) is 14.3. The molecular formula is C13H25ClN2O. The summed E-state index contributed by atoms with van der Waals surface area (Å²) in [5.41, 5.74) is -0.458. The molecule has 4 heteroatoms. The van der Waals surface area contributed by atoms with Crippen LogP contribution < -0.4 is 5.32 Å². The topological polar surface area (TPSA) is 32.3 Å². The Morgan fingerprint density at radius 1 is 1.53 bits per heavy atom. The molecule has 0 aliphatic carbocycles. The SMILES string of the molecule is CCN1CCCC(CNC(=O)C(C)(C)CCl)C1. The third-order valence-corrected chi connectivity index (χ3v) is 4.22. The first-order valence-corrected chi connectivity index (χ1v) is 7.09. The van der Waals surface area contributed by atoms with E-state index in [1.807, 2.05) is 13.8 Å². The van der Waals surface area contributed by atoms with Gasteiger partial charge in [0.25, 0.3) is 0 Å². The molecule has 1 heterocycles. The van der Waals surface area contributed by atoms with E-state index in [0.29, 0.717) is 11.8 Å². The molecule has 0 radical (unpaired) electrons. The maximum Gasteiger partial charge on any atom is 0.226 e. The van der Waals surface area contributed by atoms with Crippen molar-refractivity contribution in [3.05, 3.63) is 0 Å². The van der Waals surface area contributed by atoms with Crippen LogP contribution in [0.5, 0.6) is 0 Å². The van der Waals surface area contributed by atoms with E-state index < -0.39 is 5.41 Å². The van der Waals surface area contributed by atoms with Crippen molar-refractivity contribution in [1.82, 2.24) is 10.2 Å². The number of hydrogen-bond acceptors (Lipinski definition) is 2. The highest BCUT2D eigenvalue weighted by Crippen LogP contribution is 2.19. The van der Waals surface area contributed by atoms with Crippen molar-refractivity contribution in [2.24, 2.45) is 11.3 Å². The summed E-state index contributed by atoms with van der Waals surface area (Å²) in [7, 11) is 0. The lowest BCUT2D eigenvalue weighted by Gasteiger charge is -2.32. The van der Waals surface area contributed by atoms with Gasteiger partial charge in [-0.2, -0.15) is 0 Å². The van der Waals surface area contributed by atoms with Crippen LogP contribution in [0.4, 0.5) is 0 Å². The first kappa shape index (κ1) is 14.8. The molecule has 1 rings (SSSR count). The van der Waals surface area contributed by atoms with Crippen molar-refractivity contribution >= 4 is 17.5 Å². The molecule has 100 valence electrons. The van der Waals surface area contributed by atoms with E-state index in [0.717, 1.165) is 19.6 Å². The molecule has 0 spiro atoms. The third-order valence-electron chi connectivity index (χ3n) is 3.55. The molecule has 1 unspecified atom stereocenters. The summed E-state index contributed by atoms with van der Waals surface area (Å²) in [5.74, 6) is 1.03. The molecule has 1 amide bonds. The maximum absolute atomic E-state index is 11.9. The Bertz CT molecular complexity index is 256. The van der Waals surface area contributed by atoms with Gasteiger partial charge in [0.1, 0.15) is 0 Å². The number of nitrogens with one attached hydrogen (secondary N) is 1. The molecule has 3 nitrogen and oxygen atoms in total. The lowest BCUT2D eigenvalue weighted by Crippen LogP contribution is -2.44. The highest BCUT2D eigenvalue weighted by atomic mass is 35.5. The van der Waals surface area contributed by atoms with Crippen LogP contribution in [0.15, 0.2) is 0 Å². The van der Waals surface area contributed by atoms with Gasteiger partial charge in [0.2, 0.25) is 5.91 Å². The van der Waals surface area contributed by atoms with Crippen LogP contribution in [0.3, 0.4) is 0 Å². The minimum absolute atomic E-state index is 0.0705. The average Bonchev–Trinajstić information content (AvgIpc) is 2.36. The fraction of sp³-hybridized carbons (Fsp3) is 0.923. The van der Waals surface area contributed by atoms with Gasteiger partial charge in [-0.15, -0.1) is 11.6 Å². The molecule has 0 aromatic heterocycles. The summed E-state index contributed by atoms with van der Waals surface area (Å²) in [5, 5.41) is 3.04. The van der Waals surface area contributed by atoms with E-state index in [-0.39, 0.29) is 5.91 Å². The number of rotatable bonds is 5. The molecule has 0 aromatic carbocycles. The monoisotopic (exact) mass is 260 g/mol. The predicted molar refractivity (Wildman–Crippen MR) is 72.3 cm³/mol. The van der Waals surface area contributed by atoms with E-state index in [1.165, 1.54) is 19.4 Å². The molecule has 17 heavy (non-hydrogen) atoms. The zero-order chi connectivity index (χ0) is 12.9. The van der Waals surface area contributed by atoms with Crippen LogP contribution in [-0.4, -0.2) is 42.9 Å². The number of nitrogens with zero attached hydrogens (tertiary/aromatic N) is 1. The Morgan fingerprint density at radius 2 is 2.24 bits per heavy atom. The molecule has 0 aromatic rings. The Kier molecular flexibility index (Phi) is 5.74. The largest absolute Gasteiger partial charge is 0.355 e. The number of hydrogen-bond donors (Lipinski definition) is 1. The normalized spacial score (nSPS) is 22.5. The molecule has 1 atom stereocenters. The summed E-state index contributed by atoms with van der Waals surface area (Å²) in [6.45, 7) is 10.2. The van der Waals surface area contributed by atoms with E-state index in [1.54, 1.807) is 0 Å². The Labute approximate surface area is 110 Å². The van der Waals surface area contributed by atoms with Gasteiger partial charge in [0, 0.05) is 19.0 Å².